The maximum atomic E-state index is 5.80. The van der Waals surface area contributed by atoms with Gasteiger partial charge in [-0.1, -0.05) is 19.9 Å². The summed E-state index contributed by atoms with van der Waals surface area (Å²) in [4.78, 5) is 0. The van der Waals surface area contributed by atoms with Crippen molar-refractivity contribution in [3.05, 3.63) is 29.3 Å². The topological polar surface area (TPSA) is 35.2 Å². The van der Waals surface area contributed by atoms with Crippen LogP contribution in [0, 0.1) is 0 Å². The van der Waals surface area contributed by atoms with Gasteiger partial charge in [0, 0.05) is 6.04 Å². The zero-order valence-electron chi connectivity index (χ0n) is 10.1. The molecule has 0 bridgehead atoms. The van der Waals surface area contributed by atoms with E-state index in [0.29, 0.717) is 5.92 Å². The zero-order chi connectivity index (χ0) is 11.4. The molecule has 0 amide bonds. The molecule has 0 fully saturated rings. The average molecular weight is 207 g/mol. The van der Waals surface area contributed by atoms with Crippen LogP contribution in [-0.4, -0.2) is 13.2 Å². The minimum Gasteiger partial charge on any atom is -0.497 e. The van der Waals surface area contributed by atoms with Crippen LogP contribution in [0.15, 0.2) is 18.2 Å². The summed E-state index contributed by atoms with van der Waals surface area (Å²) in [5.74, 6) is 1.45. The van der Waals surface area contributed by atoms with E-state index >= 15 is 0 Å². The second-order valence-electron chi connectivity index (χ2n) is 4.45. The van der Waals surface area contributed by atoms with Gasteiger partial charge in [-0.05, 0) is 42.5 Å². The molecule has 0 heterocycles. The Labute approximate surface area is 92.4 Å². The Balaban J connectivity index is 3.00. The van der Waals surface area contributed by atoms with Gasteiger partial charge in [-0.3, -0.25) is 0 Å². The van der Waals surface area contributed by atoms with Crippen molar-refractivity contribution in [1.29, 1.82) is 0 Å². The van der Waals surface area contributed by atoms with E-state index in [0.717, 1.165) is 12.2 Å². The number of ether oxygens (including phenoxy) is 1. The highest BCUT2D eigenvalue weighted by Gasteiger charge is 2.06. The molecule has 84 valence electrons. The number of hydrogen-bond acceptors (Lipinski definition) is 2. The monoisotopic (exact) mass is 207 g/mol. The van der Waals surface area contributed by atoms with Gasteiger partial charge in [-0.15, -0.1) is 0 Å². The third kappa shape index (κ3) is 3.56. The maximum Gasteiger partial charge on any atom is 0.119 e. The predicted molar refractivity (Wildman–Crippen MR) is 64.4 cm³/mol. The van der Waals surface area contributed by atoms with E-state index in [1.54, 1.807) is 7.11 Å². The van der Waals surface area contributed by atoms with Crippen molar-refractivity contribution in [3.8, 4) is 5.75 Å². The molecule has 1 rings (SSSR count). The van der Waals surface area contributed by atoms with Crippen LogP contribution in [0.2, 0.25) is 0 Å². The standard InChI is InChI=1S/C13H21NO/c1-9(2)12-6-11(5-10(3)14)7-13(8-12)15-4/h6-10H,5,14H2,1-4H3. The molecule has 2 N–H and O–H groups in total. The predicted octanol–water partition coefficient (Wildman–Crippen LogP) is 2.71. The van der Waals surface area contributed by atoms with Crippen LogP contribution in [-0.2, 0) is 6.42 Å². The van der Waals surface area contributed by atoms with Crippen LogP contribution < -0.4 is 10.5 Å². The van der Waals surface area contributed by atoms with Crippen LogP contribution in [0.5, 0.6) is 5.75 Å². The Morgan fingerprint density at radius 2 is 1.87 bits per heavy atom. The molecule has 0 radical (unpaired) electrons. The lowest BCUT2D eigenvalue weighted by Crippen LogP contribution is -2.17. The fourth-order valence-electron chi connectivity index (χ4n) is 1.63. The van der Waals surface area contributed by atoms with E-state index in [4.69, 9.17) is 10.5 Å². The van der Waals surface area contributed by atoms with Crippen LogP contribution in [0.4, 0.5) is 0 Å². The van der Waals surface area contributed by atoms with Crippen LogP contribution in [0.1, 0.15) is 37.8 Å². The Morgan fingerprint density at radius 1 is 1.20 bits per heavy atom. The van der Waals surface area contributed by atoms with Crippen LogP contribution >= 0.6 is 0 Å². The van der Waals surface area contributed by atoms with Gasteiger partial charge in [0.05, 0.1) is 7.11 Å². The molecule has 0 saturated heterocycles. The normalized spacial score (nSPS) is 12.9. The van der Waals surface area contributed by atoms with E-state index in [9.17, 15) is 0 Å². The third-order valence-electron chi connectivity index (χ3n) is 2.45. The highest BCUT2D eigenvalue weighted by Crippen LogP contribution is 2.23. The Hall–Kier alpha value is -1.02. The summed E-state index contributed by atoms with van der Waals surface area (Å²) in [6, 6.07) is 6.57. The van der Waals surface area contributed by atoms with Crippen molar-refractivity contribution < 1.29 is 4.74 Å². The first-order valence-electron chi connectivity index (χ1n) is 5.46. The van der Waals surface area contributed by atoms with Crippen molar-refractivity contribution in [2.75, 3.05) is 7.11 Å². The molecule has 0 aliphatic carbocycles. The van der Waals surface area contributed by atoms with Gasteiger partial charge in [-0.2, -0.15) is 0 Å². The summed E-state index contributed by atoms with van der Waals surface area (Å²) >= 11 is 0. The van der Waals surface area contributed by atoms with Gasteiger partial charge in [0.25, 0.3) is 0 Å². The average Bonchev–Trinajstić information content (AvgIpc) is 2.16. The van der Waals surface area contributed by atoms with Crippen LogP contribution in [0.25, 0.3) is 0 Å². The molecule has 0 aliphatic heterocycles. The van der Waals surface area contributed by atoms with E-state index in [-0.39, 0.29) is 6.04 Å². The Bertz CT molecular complexity index is 318. The van der Waals surface area contributed by atoms with E-state index in [1.807, 2.05) is 6.92 Å². The lowest BCUT2D eigenvalue weighted by atomic mass is 9.98. The molecule has 1 aromatic rings. The van der Waals surface area contributed by atoms with Gasteiger partial charge in [0.1, 0.15) is 5.75 Å². The van der Waals surface area contributed by atoms with Gasteiger partial charge in [-0.25, -0.2) is 0 Å². The number of hydrogen-bond donors (Lipinski definition) is 1. The van der Waals surface area contributed by atoms with E-state index in [1.165, 1.54) is 11.1 Å². The second kappa shape index (κ2) is 5.17. The minimum atomic E-state index is 0.192. The second-order valence-corrected chi connectivity index (χ2v) is 4.45. The SMILES string of the molecule is COc1cc(CC(C)N)cc(C(C)C)c1. The smallest absolute Gasteiger partial charge is 0.119 e. The molecular formula is C13H21NO. The zero-order valence-corrected chi connectivity index (χ0v) is 10.1. The quantitative estimate of drug-likeness (QED) is 0.824. The van der Waals surface area contributed by atoms with Gasteiger partial charge in [0.2, 0.25) is 0 Å². The molecule has 0 aliphatic rings. The molecular weight excluding hydrogens is 186 g/mol. The van der Waals surface area contributed by atoms with Crippen molar-refractivity contribution in [2.24, 2.45) is 5.73 Å². The fraction of sp³-hybridized carbons (Fsp3) is 0.538. The molecule has 1 aromatic carbocycles. The Morgan fingerprint density at radius 3 is 2.33 bits per heavy atom. The first kappa shape index (κ1) is 12.1. The fourth-order valence-corrected chi connectivity index (χ4v) is 1.63. The number of benzene rings is 1. The molecule has 0 spiro atoms. The number of methoxy groups -OCH3 is 1. The molecule has 1 atom stereocenters. The van der Waals surface area contributed by atoms with E-state index < -0.39 is 0 Å². The summed E-state index contributed by atoms with van der Waals surface area (Å²) in [6.45, 7) is 6.39. The summed E-state index contributed by atoms with van der Waals surface area (Å²) < 4.78 is 5.29. The highest BCUT2D eigenvalue weighted by molar-refractivity contribution is 5.36. The van der Waals surface area contributed by atoms with Gasteiger partial charge >= 0.3 is 0 Å². The minimum absolute atomic E-state index is 0.192. The van der Waals surface area contributed by atoms with Crippen molar-refractivity contribution in [3.63, 3.8) is 0 Å². The first-order valence-corrected chi connectivity index (χ1v) is 5.46. The first-order chi connectivity index (χ1) is 7.02. The van der Waals surface area contributed by atoms with E-state index in [2.05, 4.69) is 32.0 Å². The summed E-state index contributed by atoms with van der Waals surface area (Å²) in [5, 5.41) is 0. The lowest BCUT2D eigenvalue weighted by molar-refractivity contribution is 0.413. The van der Waals surface area contributed by atoms with Gasteiger partial charge < -0.3 is 10.5 Å². The molecule has 0 aromatic heterocycles. The highest BCUT2D eigenvalue weighted by atomic mass is 16.5. The molecule has 2 nitrogen and oxygen atoms in total. The maximum absolute atomic E-state index is 5.80. The molecule has 1 unspecified atom stereocenters. The molecule has 2 heteroatoms. The molecule has 0 saturated carbocycles. The summed E-state index contributed by atoms with van der Waals surface area (Å²) in [5.41, 5.74) is 8.37. The number of rotatable bonds is 4. The number of nitrogens with two attached hydrogens (primary N) is 1. The molecule has 15 heavy (non-hydrogen) atoms. The Kier molecular flexibility index (Phi) is 4.15. The lowest BCUT2D eigenvalue weighted by Gasteiger charge is -2.12. The van der Waals surface area contributed by atoms with Crippen LogP contribution in [0.3, 0.4) is 0 Å². The van der Waals surface area contributed by atoms with Gasteiger partial charge in [0.15, 0.2) is 0 Å². The van der Waals surface area contributed by atoms with Crippen molar-refractivity contribution >= 4 is 0 Å². The summed E-state index contributed by atoms with van der Waals surface area (Å²) in [6.07, 6.45) is 0.900. The van der Waals surface area contributed by atoms with Crippen molar-refractivity contribution in [1.82, 2.24) is 0 Å². The summed E-state index contributed by atoms with van der Waals surface area (Å²) in [7, 11) is 1.70. The largest absolute Gasteiger partial charge is 0.497 e. The third-order valence-corrected chi connectivity index (χ3v) is 2.45. The van der Waals surface area contributed by atoms with Crippen molar-refractivity contribution in [2.45, 2.75) is 39.2 Å².